The number of morpholine rings is 1. The lowest BCUT2D eigenvalue weighted by Crippen LogP contribution is -2.40. The first-order chi connectivity index (χ1) is 19.9. The van der Waals surface area contributed by atoms with Gasteiger partial charge >= 0.3 is 0 Å². The van der Waals surface area contributed by atoms with Crippen LogP contribution < -0.4 is 19.0 Å². The zero-order valence-electron chi connectivity index (χ0n) is 24.5. The molecule has 0 bridgehead atoms. The van der Waals surface area contributed by atoms with E-state index in [9.17, 15) is 8.42 Å². The Bertz CT molecular complexity index is 1430. The number of hydrogen-bond acceptors (Lipinski definition) is 9. The maximum Gasteiger partial charge on any atom is 0.243 e. The molecule has 2 aromatic carbocycles. The summed E-state index contributed by atoms with van der Waals surface area (Å²) in [5, 5.41) is 2.08. The van der Waals surface area contributed by atoms with Crippen molar-refractivity contribution >= 4 is 27.0 Å². The monoisotopic (exact) mass is 604 g/mol. The van der Waals surface area contributed by atoms with Gasteiger partial charge in [0, 0.05) is 30.6 Å². The fraction of sp³-hybridized carbons (Fsp3) is 0.483. The van der Waals surface area contributed by atoms with E-state index in [0.29, 0.717) is 49.2 Å². The Morgan fingerprint density at radius 1 is 0.976 bits per heavy atom. The van der Waals surface area contributed by atoms with Crippen molar-refractivity contribution in [3.8, 4) is 28.5 Å². The summed E-state index contributed by atoms with van der Waals surface area (Å²) < 4.78 is 51.8. The van der Waals surface area contributed by atoms with E-state index in [1.807, 2.05) is 12.1 Å². The van der Waals surface area contributed by atoms with Gasteiger partial charge in [0.05, 0.1) is 50.8 Å². The summed E-state index contributed by atoms with van der Waals surface area (Å²) in [6.07, 6.45) is 0.944. The van der Waals surface area contributed by atoms with Gasteiger partial charge in [-0.25, -0.2) is 13.4 Å². The molecule has 1 aliphatic rings. The zero-order valence-corrected chi connectivity index (χ0v) is 26.1. The summed E-state index contributed by atoms with van der Waals surface area (Å²) in [7, 11) is 1.24. The third-order valence-corrected chi connectivity index (χ3v) is 9.95. The molecule has 41 heavy (non-hydrogen) atoms. The van der Waals surface area contributed by atoms with Crippen molar-refractivity contribution < 1.29 is 27.4 Å². The largest absolute Gasteiger partial charge is 0.493 e. The maximum atomic E-state index is 13.0. The van der Waals surface area contributed by atoms with Gasteiger partial charge in [0.2, 0.25) is 15.8 Å². The molecule has 0 saturated carbocycles. The van der Waals surface area contributed by atoms with Crippen molar-refractivity contribution in [3.63, 3.8) is 0 Å². The number of aromatic nitrogens is 1. The number of sulfonamides is 1. The van der Waals surface area contributed by atoms with E-state index in [1.54, 1.807) is 45.6 Å². The highest BCUT2D eigenvalue weighted by molar-refractivity contribution is 7.89. The van der Waals surface area contributed by atoms with E-state index < -0.39 is 10.0 Å². The predicted molar refractivity (Wildman–Crippen MR) is 161 cm³/mol. The standard InChI is InChI=1S/C29H40N4O6S2/c1-6-31(7-2)13-8-14-33-25(22-19-26(36-3)28(38-5)27(20-22)37-4)21-40-29(33)30-23-9-11-24(12-10-23)41(34,35)32-15-17-39-18-16-32/h9-12,19-21H,6-8,13-18H2,1-5H3. The summed E-state index contributed by atoms with van der Waals surface area (Å²) in [6, 6.07) is 10.7. The molecule has 224 valence electrons. The maximum absolute atomic E-state index is 13.0. The van der Waals surface area contributed by atoms with Crippen LogP contribution >= 0.6 is 11.3 Å². The molecule has 0 spiro atoms. The molecular weight excluding hydrogens is 564 g/mol. The van der Waals surface area contributed by atoms with Crippen LogP contribution in [0.2, 0.25) is 0 Å². The summed E-state index contributed by atoms with van der Waals surface area (Å²) in [6.45, 7) is 9.62. The van der Waals surface area contributed by atoms with Crippen LogP contribution in [0.25, 0.3) is 11.3 Å². The molecule has 0 unspecified atom stereocenters. The highest BCUT2D eigenvalue weighted by Gasteiger charge is 2.26. The minimum absolute atomic E-state index is 0.259. The van der Waals surface area contributed by atoms with Crippen LogP contribution in [-0.4, -0.2) is 89.5 Å². The molecule has 1 aromatic heterocycles. The molecule has 12 heteroatoms. The minimum Gasteiger partial charge on any atom is -0.493 e. The van der Waals surface area contributed by atoms with E-state index in [4.69, 9.17) is 23.9 Å². The van der Waals surface area contributed by atoms with Crippen molar-refractivity contribution in [2.75, 3.05) is 67.3 Å². The SMILES string of the molecule is CCN(CC)CCCn1c(-c2cc(OC)c(OC)c(OC)c2)csc1=Nc1ccc(S(=O)(=O)N2CCOCC2)cc1. The zero-order chi connectivity index (χ0) is 29.4. The van der Waals surface area contributed by atoms with Crippen molar-refractivity contribution in [2.45, 2.75) is 31.7 Å². The van der Waals surface area contributed by atoms with Crippen molar-refractivity contribution in [2.24, 2.45) is 4.99 Å². The Morgan fingerprint density at radius 2 is 1.61 bits per heavy atom. The number of benzene rings is 2. The van der Waals surface area contributed by atoms with Gasteiger partial charge in [-0.1, -0.05) is 13.8 Å². The minimum atomic E-state index is -3.57. The van der Waals surface area contributed by atoms with Crippen molar-refractivity contribution in [1.82, 2.24) is 13.8 Å². The number of methoxy groups -OCH3 is 3. The van der Waals surface area contributed by atoms with E-state index in [1.165, 1.54) is 15.6 Å². The van der Waals surface area contributed by atoms with Gasteiger partial charge in [-0.05, 0) is 62.5 Å². The third-order valence-electron chi connectivity index (χ3n) is 7.18. The highest BCUT2D eigenvalue weighted by Crippen LogP contribution is 2.41. The quantitative estimate of drug-likeness (QED) is 0.288. The number of nitrogens with zero attached hydrogens (tertiary/aromatic N) is 4. The summed E-state index contributed by atoms with van der Waals surface area (Å²) >= 11 is 1.53. The van der Waals surface area contributed by atoms with Gasteiger partial charge in [-0.2, -0.15) is 4.31 Å². The second kappa shape index (κ2) is 14.3. The predicted octanol–water partition coefficient (Wildman–Crippen LogP) is 4.23. The first-order valence-electron chi connectivity index (χ1n) is 13.8. The van der Waals surface area contributed by atoms with Gasteiger partial charge in [-0.15, -0.1) is 11.3 Å². The van der Waals surface area contributed by atoms with Crippen LogP contribution in [0.4, 0.5) is 5.69 Å². The average Bonchev–Trinajstić information content (AvgIpc) is 3.41. The molecule has 1 fully saturated rings. The van der Waals surface area contributed by atoms with Crippen LogP contribution in [-0.2, 0) is 21.3 Å². The topological polar surface area (TPSA) is 94.8 Å². The van der Waals surface area contributed by atoms with Gasteiger partial charge in [0.25, 0.3) is 0 Å². The molecule has 1 aliphatic heterocycles. The lowest BCUT2D eigenvalue weighted by molar-refractivity contribution is 0.0730. The second-order valence-corrected chi connectivity index (χ2v) is 12.2. The molecular formula is C29H40N4O6S2. The van der Waals surface area contributed by atoms with Crippen LogP contribution in [0.1, 0.15) is 20.3 Å². The molecule has 3 aromatic rings. The summed E-state index contributed by atoms with van der Waals surface area (Å²) in [5.74, 6) is 1.70. The molecule has 0 N–H and O–H groups in total. The fourth-order valence-corrected chi connectivity index (χ4v) is 7.19. The number of rotatable bonds is 13. The Labute approximate surface area is 246 Å². The van der Waals surface area contributed by atoms with Gasteiger partial charge in [0.15, 0.2) is 16.3 Å². The Kier molecular flexibility index (Phi) is 10.8. The van der Waals surface area contributed by atoms with Crippen molar-refractivity contribution in [1.29, 1.82) is 0 Å². The normalized spacial score (nSPS) is 14.9. The number of ether oxygens (including phenoxy) is 4. The Morgan fingerprint density at radius 3 is 2.17 bits per heavy atom. The van der Waals surface area contributed by atoms with E-state index in [2.05, 4.69) is 28.7 Å². The molecule has 0 atom stereocenters. The smallest absolute Gasteiger partial charge is 0.243 e. The molecule has 1 saturated heterocycles. The van der Waals surface area contributed by atoms with Gasteiger partial charge in [-0.3, -0.25) is 0 Å². The molecule has 2 heterocycles. The lowest BCUT2D eigenvalue weighted by Gasteiger charge is -2.26. The molecule has 4 rings (SSSR count). The highest BCUT2D eigenvalue weighted by atomic mass is 32.2. The van der Waals surface area contributed by atoms with Gasteiger partial charge in [0.1, 0.15) is 0 Å². The van der Waals surface area contributed by atoms with Gasteiger partial charge < -0.3 is 28.4 Å². The number of thiazole rings is 1. The van der Waals surface area contributed by atoms with Crippen LogP contribution in [0.5, 0.6) is 17.2 Å². The first kappa shape index (κ1) is 31.0. The third kappa shape index (κ3) is 7.12. The molecule has 0 radical (unpaired) electrons. The number of hydrogen-bond donors (Lipinski definition) is 0. The fourth-order valence-electron chi connectivity index (χ4n) is 4.83. The Hall–Kier alpha value is -2.90. The van der Waals surface area contributed by atoms with E-state index in [-0.39, 0.29) is 4.90 Å². The first-order valence-corrected chi connectivity index (χ1v) is 16.1. The van der Waals surface area contributed by atoms with Crippen LogP contribution in [0.3, 0.4) is 0 Å². The average molecular weight is 605 g/mol. The molecule has 0 aliphatic carbocycles. The lowest BCUT2D eigenvalue weighted by atomic mass is 10.1. The summed E-state index contributed by atoms with van der Waals surface area (Å²) in [4.78, 5) is 8.41. The summed E-state index contributed by atoms with van der Waals surface area (Å²) in [5.41, 5.74) is 2.59. The second-order valence-electron chi connectivity index (χ2n) is 9.47. The molecule has 0 amide bonds. The van der Waals surface area contributed by atoms with E-state index >= 15 is 0 Å². The van der Waals surface area contributed by atoms with E-state index in [0.717, 1.165) is 48.7 Å². The molecule has 10 nitrogen and oxygen atoms in total. The van der Waals surface area contributed by atoms with Crippen molar-refractivity contribution in [3.05, 3.63) is 46.6 Å². The Balaban J connectivity index is 1.71. The van der Waals surface area contributed by atoms with Crippen LogP contribution in [0, 0.1) is 0 Å². The van der Waals surface area contributed by atoms with Crippen LogP contribution in [0.15, 0.2) is 51.7 Å².